The lowest BCUT2D eigenvalue weighted by atomic mass is 10.00. The molecule has 0 aliphatic rings. The Balaban J connectivity index is 2.22. The molecular weight excluding hydrogens is 299 g/mol. The van der Waals surface area contributed by atoms with Gasteiger partial charge < -0.3 is 0 Å². The third kappa shape index (κ3) is 3.66. The van der Waals surface area contributed by atoms with E-state index in [9.17, 15) is 0 Å². The maximum absolute atomic E-state index is 6.47. The third-order valence-corrected chi connectivity index (χ3v) is 4.25. The highest BCUT2D eigenvalue weighted by atomic mass is 35.5. The van der Waals surface area contributed by atoms with Gasteiger partial charge in [-0.15, -0.1) is 11.6 Å². The van der Waals surface area contributed by atoms with Gasteiger partial charge in [-0.2, -0.15) is 0 Å². The molecule has 1 unspecified atom stereocenters. The minimum absolute atomic E-state index is 0.173. The Hall–Kier alpha value is -0.690. The lowest BCUT2D eigenvalue weighted by Gasteiger charge is -2.13. The molecule has 0 saturated carbocycles. The van der Waals surface area contributed by atoms with Crippen LogP contribution in [0.1, 0.15) is 27.6 Å². The number of hydrogen-bond acceptors (Lipinski definition) is 0. The van der Waals surface area contributed by atoms with E-state index in [1.165, 1.54) is 16.7 Å². The maximum atomic E-state index is 6.47. The van der Waals surface area contributed by atoms with Gasteiger partial charge in [0.05, 0.1) is 5.38 Å². The molecule has 100 valence electrons. The zero-order valence-corrected chi connectivity index (χ0v) is 13.2. The third-order valence-electron chi connectivity index (χ3n) is 3.28. The van der Waals surface area contributed by atoms with Gasteiger partial charge in [-0.1, -0.05) is 41.4 Å². The number of halogens is 3. The summed E-state index contributed by atoms with van der Waals surface area (Å²) in [4.78, 5) is 0. The van der Waals surface area contributed by atoms with Crippen molar-refractivity contribution in [2.75, 3.05) is 0 Å². The van der Waals surface area contributed by atoms with Crippen LogP contribution in [0.4, 0.5) is 0 Å². The first-order chi connectivity index (χ1) is 8.97. The average molecular weight is 314 g/mol. The van der Waals surface area contributed by atoms with E-state index in [2.05, 4.69) is 32.0 Å². The second-order valence-corrected chi connectivity index (χ2v) is 6.13. The van der Waals surface area contributed by atoms with E-state index in [0.717, 1.165) is 12.0 Å². The summed E-state index contributed by atoms with van der Waals surface area (Å²) in [6, 6.07) is 11.8. The minimum atomic E-state index is -0.173. The van der Waals surface area contributed by atoms with Gasteiger partial charge in [-0.25, -0.2) is 0 Å². The number of aryl methyl sites for hydroxylation is 2. The predicted octanol–water partition coefficient (Wildman–Crippen LogP) is 6.13. The van der Waals surface area contributed by atoms with Gasteiger partial charge in [-0.05, 0) is 60.7 Å². The predicted molar refractivity (Wildman–Crippen MR) is 84.7 cm³/mol. The summed E-state index contributed by atoms with van der Waals surface area (Å²) in [5.41, 5.74) is 4.66. The minimum Gasteiger partial charge on any atom is -0.117 e. The van der Waals surface area contributed by atoms with Crippen molar-refractivity contribution in [1.82, 2.24) is 0 Å². The first-order valence-corrected chi connectivity index (χ1v) is 7.32. The molecule has 3 heteroatoms. The highest BCUT2D eigenvalue weighted by Crippen LogP contribution is 2.33. The first-order valence-electron chi connectivity index (χ1n) is 6.12. The first kappa shape index (κ1) is 14.7. The van der Waals surface area contributed by atoms with Crippen LogP contribution in [-0.2, 0) is 6.42 Å². The Labute approximate surface area is 129 Å². The normalized spacial score (nSPS) is 12.5. The van der Waals surface area contributed by atoms with Crippen molar-refractivity contribution in [3.05, 3.63) is 68.7 Å². The molecule has 0 aliphatic heterocycles. The Morgan fingerprint density at radius 3 is 2.37 bits per heavy atom. The van der Waals surface area contributed by atoms with E-state index >= 15 is 0 Å². The molecule has 0 aliphatic carbocycles. The summed E-state index contributed by atoms with van der Waals surface area (Å²) in [5, 5.41) is 1.15. The summed E-state index contributed by atoms with van der Waals surface area (Å²) in [7, 11) is 0. The van der Waals surface area contributed by atoms with Crippen LogP contribution in [0.5, 0.6) is 0 Å². The fourth-order valence-corrected chi connectivity index (χ4v) is 2.85. The summed E-state index contributed by atoms with van der Waals surface area (Å²) in [6.07, 6.45) is 0.739. The average Bonchev–Trinajstić information content (AvgIpc) is 2.36. The zero-order valence-electron chi connectivity index (χ0n) is 10.9. The molecule has 0 bridgehead atoms. The van der Waals surface area contributed by atoms with E-state index in [0.29, 0.717) is 10.0 Å². The zero-order chi connectivity index (χ0) is 14.0. The fraction of sp³-hybridized carbons (Fsp3) is 0.250. The molecule has 0 amide bonds. The molecule has 2 rings (SSSR count). The van der Waals surface area contributed by atoms with Crippen molar-refractivity contribution in [1.29, 1.82) is 0 Å². The van der Waals surface area contributed by atoms with Crippen molar-refractivity contribution < 1.29 is 0 Å². The Morgan fingerprint density at radius 2 is 1.68 bits per heavy atom. The molecule has 0 saturated heterocycles. The second kappa shape index (κ2) is 6.17. The maximum Gasteiger partial charge on any atom is 0.0640 e. The number of benzene rings is 2. The molecule has 2 aromatic carbocycles. The highest BCUT2D eigenvalue weighted by molar-refractivity contribution is 6.34. The van der Waals surface area contributed by atoms with E-state index in [-0.39, 0.29) is 5.38 Å². The van der Waals surface area contributed by atoms with Crippen molar-refractivity contribution in [3.63, 3.8) is 0 Å². The quantitative estimate of drug-likeness (QED) is 0.598. The lowest BCUT2D eigenvalue weighted by Crippen LogP contribution is -1.98. The van der Waals surface area contributed by atoms with Crippen LogP contribution in [0.2, 0.25) is 10.0 Å². The number of alkyl halides is 1. The van der Waals surface area contributed by atoms with Crippen LogP contribution in [0.15, 0.2) is 36.4 Å². The van der Waals surface area contributed by atoms with Gasteiger partial charge in [0.25, 0.3) is 0 Å². The molecular formula is C16H15Cl3. The van der Waals surface area contributed by atoms with Crippen LogP contribution in [0, 0.1) is 13.8 Å². The molecule has 0 radical (unpaired) electrons. The van der Waals surface area contributed by atoms with Crippen LogP contribution in [0.25, 0.3) is 0 Å². The fourth-order valence-electron chi connectivity index (χ4n) is 2.00. The number of rotatable bonds is 3. The smallest absolute Gasteiger partial charge is 0.0640 e. The van der Waals surface area contributed by atoms with Gasteiger partial charge in [0.15, 0.2) is 0 Å². The standard InChI is InChI=1S/C16H15Cl3/c1-10-3-4-12(7-11(10)2)8-16(19)14-9-13(17)5-6-15(14)18/h3-7,9,16H,8H2,1-2H3. The molecule has 0 N–H and O–H groups in total. The van der Waals surface area contributed by atoms with Gasteiger partial charge >= 0.3 is 0 Å². The summed E-state index contributed by atoms with van der Waals surface area (Å²) in [6.45, 7) is 4.21. The van der Waals surface area contributed by atoms with E-state index in [1.54, 1.807) is 12.1 Å². The summed E-state index contributed by atoms with van der Waals surface area (Å²) < 4.78 is 0. The topological polar surface area (TPSA) is 0 Å². The SMILES string of the molecule is Cc1ccc(CC(Cl)c2cc(Cl)ccc2Cl)cc1C. The van der Waals surface area contributed by atoms with Crippen molar-refractivity contribution >= 4 is 34.8 Å². The molecule has 0 heterocycles. The van der Waals surface area contributed by atoms with Gasteiger partial charge in [0, 0.05) is 10.0 Å². The largest absolute Gasteiger partial charge is 0.117 e. The molecule has 0 fully saturated rings. The molecule has 1 atom stereocenters. The van der Waals surface area contributed by atoms with Crippen LogP contribution in [-0.4, -0.2) is 0 Å². The summed E-state index contributed by atoms with van der Waals surface area (Å²) in [5.74, 6) is 0. The highest BCUT2D eigenvalue weighted by Gasteiger charge is 2.13. The number of hydrogen-bond donors (Lipinski definition) is 0. The van der Waals surface area contributed by atoms with Crippen LogP contribution < -0.4 is 0 Å². The van der Waals surface area contributed by atoms with Crippen LogP contribution >= 0.6 is 34.8 Å². The van der Waals surface area contributed by atoms with Crippen molar-refractivity contribution in [3.8, 4) is 0 Å². The van der Waals surface area contributed by atoms with E-state index in [1.807, 2.05) is 6.07 Å². The molecule has 0 aromatic heterocycles. The molecule has 0 spiro atoms. The van der Waals surface area contributed by atoms with Crippen molar-refractivity contribution in [2.45, 2.75) is 25.6 Å². The monoisotopic (exact) mass is 312 g/mol. The van der Waals surface area contributed by atoms with Gasteiger partial charge in [0.2, 0.25) is 0 Å². The Kier molecular flexibility index (Phi) is 4.78. The van der Waals surface area contributed by atoms with Gasteiger partial charge in [-0.3, -0.25) is 0 Å². The molecule has 19 heavy (non-hydrogen) atoms. The Morgan fingerprint density at radius 1 is 0.947 bits per heavy atom. The van der Waals surface area contributed by atoms with E-state index in [4.69, 9.17) is 34.8 Å². The second-order valence-electron chi connectivity index (χ2n) is 4.76. The molecule has 0 nitrogen and oxygen atoms in total. The lowest BCUT2D eigenvalue weighted by molar-refractivity contribution is 0.917. The van der Waals surface area contributed by atoms with Crippen LogP contribution in [0.3, 0.4) is 0 Å². The molecule has 2 aromatic rings. The van der Waals surface area contributed by atoms with E-state index < -0.39 is 0 Å². The van der Waals surface area contributed by atoms with Crippen molar-refractivity contribution in [2.24, 2.45) is 0 Å². The summed E-state index contributed by atoms with van der Waals surface area (Å²) >= 11 is 18.6. The van der Waals surface area contributed by atoms with Gasteiger partial charge in [0.1, 0.15) is 0 Å². The Bertz CT molecular complexity index is 591.